The second-order valence-electron chi connectivity index (χ2n) is 10.5. The van der Waals surface area contributed by atoms with Crippen LogP contribution in [0.1, 0.15) is 65.1 Å². The van der Waals surface area contributed by atoms with E-state index in [0.717, 1.165) is 36.5 Å². The first-order chi connectivity index (χ1) is 14.3. The Labute approximate surface area is 177 Å². The first-order valence-corrected chi connectivity index (χ1v) is 11.8. The Morgan fingerprint density at radius 2 is 1.83 bits per heavy atom. The van der Waals surface area contributed by atoms with E-state index in [2.05, 4.69) is 30.8 Å². The van der Waals surface area contributed by atoms with Gasteiger partial charge in [0.25, 0.3) is 5.56 Å². The van der Waals surface area contributed by atoms with E-state index in [1.54, 1.807) is 4.57 Å². The number of hydrogen-bond acceptors (Lipinski definition) is 4. The van der Waals surface area contributed by atoms with Crippen molar-refractivity contribution < 1.29 is 0 Å². The highest BCUT2D eigenvalue weighted by atomic mass is 16.2. The van der Waals surface area contributed by atoms with Crippen molar-refractivity contribution in [3.8, 4) is 0 Å². The van der Waals surface area contributed by atoms with Crippen LogP contribution >= 0.6 is 0 Å². The van der Waals surface area contributed by atoms with E-state index in [-0.39, 0.29) is 16.7 Å². The SMILES string of the molecule is CCCn1c(=O)c2[nH]c(C34CC5CC(C3)C(C5)C4)nc2n(CCN(C)C(C)C)c1=O. The van der Waals surface area contributed by atoms with E-state index in [1.165, 1.54) is 36.7 Å². The van der Waals surface area contributed by atoms with Gasteiger partial charge in [0, 0.05) is 31.1 Å². The molecule has 0 aliphatic heterocycles. The van der Waals surface area contributed by atoms with Gasteiger partial charge >= 0.3 is 5.69 Å². The van der Waals surface area contributed by atoms with Gasteiger partial charge in [-0.2, -0.15) is 0 Å². The summed E-state index contributed by atoms with van der Waals surface area (Å²) in [6.07, 6.45) is 7.07. The maximum Gasteiger partial charge on any atom is 0.332 e. The number of imidazole rings is 1. The zero-order valence-electron chi connectivity index (χ0n) is 18.8. The molecule has 0 spiro atoms. The van der Waals surface area contributed by atoms with Crippen LogP contribution in [0.25, 0.3) is 11.2 Å². The summed E-state index contributed by atoms with van der Waals surface area (Å²) in [5, 5.41) is 0. The minimum Gasteiger partial charge on any atom is -0.336 e. The molecule has 164 valence electrons. The van der Waals surface area contributed by atoms with Crippen molar-refractivity contribution in [1.29, 1.82) is 0 Å². The minimum atomic E-state index is -0.224. The average molecular weight is 414 g/mol. The van der Waals surface area contributed by atoms with Crippen LogP contribution in [-0.4, -0.2) is 43.6 Å². The van der Waals surface area contributed by atoms with Gasteiger partial charge in [-0.15, -0.1) is 0 Å². The summed E-state index contributed by atoms with van der Waals surface area (Å²) in [5.74, 6) is 3.44. The Balaban J connectivity index is 1.61. The summed E-state index contributed by atoms with van der Waals surface area (Å²) in [6.45, 7) is 8.02. The molecular formula is C23H35N5O2. The number of nitrogens with one attached hydrogen (secondary N) is 1. The molecule has 4 fully saturated rings. The van der Waals surface area contributed by atoms with Crippen LogP contribution in [0.2, 0.25) is 0 Å². The molecule has 2 aromatic rings. The highest BCUT2D eigenvalue weighted by Crippen LogP contribution is 2.64. The fourth-order valence-electron chi connectivity index (χ4n) is 6.66. The molecule has 4 aliphatic rings. The van der Waals surface area contributed by atoms with Gasteiger partial charge in [0.1, 0.15) is 11.3 Å². The monoisotopic (exact) mass is 413 g/mol. The fourth-order valence-corrected chi connectivity index (χ4v) is 6.66. The van der Waals surface area contributed by atoms with E-state index < -0.39 is 0 Å². The maximum atomic E-state index is 13.2. The van der Waals surface area contributed by atoms with Gasteiger partial charge in [0.05, 0.1) is 0 Å². The lowest BCUT2D eigenvalue weighted by molar-refractivity contribution is 0.220. The highest BCUT2D eigenvalue weighted by Gasteiger charge is 2.57. The number of nitrogens with zero attached hydrogens (tertiary/aromatic N) is 4. The van der Waals surface area contributed by atoms with Crippen molar-refractivity contribution >= 4 is 11.2 Å². The van der Waals surface area contributed by atoms with Gasteiger partial charge in [-0.1, -0.05) is 6.92 Å². The third-order valence-electron chi connectivity index (χ3n) is 8.29. The lowest BCUT2D eigenvalue weighted by Crippen LogP contribution is -2.42. The topological polar surface area (TPSA) is 75.9 Å². The molecule has 2 heterocycles. The summed E-state index contributed by atoms with van der Waals surface area (Å²) in [6, 6.07) is 0.399. The van der Waals surface area contributed by atoms with Crippen LogP contribution in [-0.2, 0) is 18.5 Å². The summed E-state index contributed by atoms with van der Waals surface area (Å²) < 4.78 is 3.13. The fraction of sp³-hybridized carbons (Fsp3) is 0.783. The third-order valence-corrected chi connectivity index (χ3v) is 8.29. The average Bonchev–Trinajstić information content (AvgIpc) is 3.34. The van der Waals surface area contributed by atoms with Crippen LogP contribution in [0.15, 0.2) is 9.59 Å². The molecule has 2 aromatic heterocycles. The largest absolute Gasteiger partial charge is 0.336 e. The van der Waals surface area contributed by atoms with Crippen molar-refractivity contribution in [2.45, 2.75) is 83.8 Å². The molecule has 2 atom stereocenters. The molecule has 0 saturated heterocycles. The molecule has 1 N–H and O–H groups in total. The molecule has 7 heteroatoms. The molecule has 6 rings (SSSR count). The van der Waals surface area contributed by atoms with Crippen molar-refractivity contribution in [2.24, 2.45) is 17.8 Å². The predicted molar refractivity (Wildman–Crippen MR) is 118 cm³/mol. The summed E-state index contributed by atoms with van der Waals surface area (Å²) >= 11 is 0. The van der Waals surface area contributed by atoms with Gasteiger partial charge in [-0.25, -0.2) is 9.78 Å². The zero-order valence-corrected chi connectivity index (χ0v) is 18.8. The van der Waals surface area contributed by atoms with Crippen molar-refractivity contribution in [3.63, 3.8) is 0 Å². The van der Waals surface area contributed by atoms with E-state index in [1.807, 2.05) is 6.92 Å². The van der Waals surface area contributed by atoms with Crippen molar-refractivity contribution in [3.05, 3.63) is 26.7 Å². The normalized spacial score (nSPS) is 29.9. The van der Waals surface area contributed by atoms with Gasteiger partial charge < -0.3 is 9.88 Å². The minimum absolute atomic E-state index is 0.0904. The summed E-state index contributed by atoms with van der Waals surface area (Å²) in [7, 11) is 2.07. The Bertz CT molecular complexity index is 1060. The number of H-pyrrole nitrogens is 1. The number of aromatic amines is 1. The number of likely N-dealkylation sites (N-methyl/N-ethyl adjacent to an activating group) is 1. The molecule has 30 heavy (non-hydrogen) atoms. The summed E-state index contributed by atoms with van der Waals surface area (Å²) in [5.41, 5.74) is 0.727. The van der Waals surface area contributed by atoms with Crippen molar-refractivity contribution in [1.82, 2.24) is 24.0 Å². The Hall–Kier alpha value is -1.89. The molecule has 0 radical (unpaired) electrons. The van der Waals surface area contributed by atoms with Crippen LogP contribution in [0.4, 0.5) is 0 Å². The van der Waals surface area contributed by atoms with E-state index in [4.69, 9.17) is 4.98 Å². The van der Waals surface area contributed by atoms with Gasteiger partial charge in [0.2, 0.25) is 0 Å². The number of hydrogen-bond donors (Lipinski definition) is 1. The Kier molecular flexibility index (Phi) is 4.73. The first-order valence-electron chi connectivity index (χ1n) is 11.8. The lowest BCUT2D eigenvalue weighted by Gasteiger charge is -2.36. The van der Waals surface area contributed by atoms with E-state index in [0.29, 0.717) is 30.3 Å². The molecule has 4 saturated carbocycles. The predicted octanol–water partition coefficient (Wildman–Crippen LogP) is 2.71. The van der Waals surface area contributed by atoms with E-state index in [9.17, 15) is 9.59 Å². The first kappa shape index (κ1) is 20.0. The third kappa shape index (κ3) is 2.92. The maximum absolute atomic E-state index is 13.2. The van der Waals surface area contributed by atoms with Gasteiger partial charge in [-0.3, -0.25) is 13.9 Å². The van der Waals surface area contributed by atoms with E-state index >= 15 is 0 Å². The molecule has 2 unspecified atom stereocenters. The second kappa shape index (κ2) is 7.08. The zero-order chi connectivity index (χ0) is 21.2. The van der Waals surface area contributed by atoms with Crippen LogP contribution < -0.4 is 11.2 Å². The number of fused-ring (bicyclic) bond motifs is 1. The summed E-state index contributed by atoms with van der Waals surface area (Å²) in [4.78, 5) is 37.1. The Morgan fingerprint density at radius 1 is 1.13 bits per heavy atom. The standard InChI is InChI=1S/C23H35N5O2/c1-5-6-28-20(29)18-19(27(22(28)30)8-7-26(4)14(2)3)25-21(24-18)23-11-15-9-16(12-23)17(10-15)13-23/h14-17H,5-13H2,1-4H3,(H,24,25). The van der Waals surface area contributed by atoms with Crippen LogP contribution in [0, 0.1) is 17.8 Å². The molecule has 7 nitrogen and oxygen atoms in total. The molecular weight excluding hydrogens is 378 g/mol. The molecule has 0 aromatic carbocycles. The molecule has 4 aliphatic carbocycles. The number of aromatic nitrogens is 4. The Morgan fingerprint density at radius 3 is 2.43 bits per heavy atom. The van der Waals surface area contributed by atoms with Crippen LogP contribution in [0.5, 0.6) is 0 Å². The highest BCUT2D eigenvalue weighted by molar-refractivity contribution is 5.70. The molecule has 4 bridgehead atoms. The van der Waals surface area contributed by atoms with Gasteiger partial charge in [0.15, 0.2) is 5.65 Å². The quantitative estimate of drug-likeness (QED) is 0.757. The van der Waals surface area contributed by atoms with Gasteiger partial charge in [-0.05, 0) is 77.2 Å². The van der Waals surface area contributed by atoms with Crippen LogP contribution in [0.3, 0.4) is 0 Å². The lowest BCUT2D eigenvalue weighted by atomic mass is 9.69. The molecule has 0 amide bonds. The smallest absolute Gasteiger partial charge is 0.332 e. The number of rotatable bonds is 7. The second-order valence-corrected chi connectivity index (χ2v) is 10.5. The van der Waals surface area contributed by atoms with Crippen molar-refractivity contribution in [2.75, 3.05) is 13.6 Å².